The summed E-state index contributed by atoms with van der Waals surface area (Å²) in [7, 11) is 0. The molecule has 0 unspecified atom stereocenters. The Morgan fingerprint density at radius 2 is 1.82 bits per heavy atom. The summed E-state index contributed by atoms with van der Waals surface area (Å²) in [4.78, 5) is 19.3. The van der Waals surface area contributed by atoms with Gasteiger partial charge < -0.3 is 10.1 Å². The third-order valence-electron chi connectivity index (χ3n) is 4.36. The summed E-state index contributed by atoms with van der Waals surface area (Å²) in [5.41, 5.74) is 1.62. The predicted molar refractivity (Wildman–Crippen MR) is 108 cm³/mol. The normalized spacial score (nSPS) is 14.9. The Morgan fingerprint density at radius 3 is 2.57 bits per heavy atom. The number of nitrogens with one attached hydrogen (secondary N) is 2. The van der Waals surface area contributed by atoms with Gasteiger partial charge in [-0.15, -0.1) is 0 Å². The minimum atomic E-state index is -0.257. The van der Waals surface area contributed by atoms with Crippen molar-refractivity contribution in [3.8, 4) is 6.07 Å². The van der Waals surface area contributed by atoms with E-state index in [0.717, 1.165) is 32.8 Å². The molecule has 0 aliphatic carbocycles. The zero-order valence-corrected chi connectivity index (χ0v) is 15.6. The molecule has 0 saturated carbocycles. The maximum atomic E-state index is 12.5. The number of benzene rings is 2. The highest BCUT2D eigenvalue weighted by Gasteiger charge is 2.12. The number of morpholine rings is 1. The third-order valence-corrected chi connectivity index (χ3v) is 4.36. The number of para-hydroxylation sites is 1. The van der Waals surface area contributed by atoms with Crippen LogP contribution in [0.3, 0.4) is 0 Å². The molecule has 1 saturated heterocycles. The van der Waals surface area contributed by atoms with E-state index in [0.29, 0.717) is 29.3 Å². The molecule has 144 valence electrons. The lowest BCUT2D eigenvalue weighted by Crippen LogP contribution is -2.39. The molecule has 1 aliphatic heterocycles. The summed E-state index contributed by atoms with van der Waals surface area (Å²) in [5.74, 6) is 0.0671. The van der Waals surface area contributed by atoms with E-state index in [1.54, 1.807) is 30.3 Å². The van der Waals surface area contributed by atoms with Crippen LogP contribution in [0.25, 0.3) is 0 Å². The summed E-state index contributed by atoms with van der Waals surface area (Å²) < 4.78 is 5.36. The van der Waals surface area contributed by atoms with E-state index in [2.05, 4.69) is 26.6 Å². The van der Waals surface area contributed by atoms with Gasteiger partial charge in [0.15, 0.2) is 0 Å². The molecule has 1 aliphatic rings. The van der Waals surface area contributed by atoms with Crippen molar-refractivity contribution in [3.63, 3.8) is 0 Å². The lowest BCUT2D eigenvalue weighted by atomic mass is 10.2. The molecule has 0 aromatic heterocycles. The molecule has 0 radical (unpaired) electrons. The minimum absolute atomic E-state index is 0.257. The molecular formula is C21H23N5O2. The second kappa shape index (κ2) is 10.2. The Hall–Kier alpha value is -3.21. The van der Waals surface area contributed by atoms with E-state index < -0.39 is 0 Å². The Kier molecular flexibility index (Phi) is 7.13. The molecule has 0 bridgehead atoms. The van der Waals surface area contributed by atoms with Crippen molar-refractivity contribution < 1.29 is 9.53 Å². The average molecular weight is 377 g/mol. The number of guanidine groups is 1. The molecule has 1 heterocycles. The molecule has 7 heteroatoms. The zero-order chi connectivity index (χ0) is 19.6. The predicted octanol–water partition coefficient (Wildman–Crippen LogP) is 2.09. The number of hydrogen-bond donors (Lipinski definition) is 2. The average Bonchev–Trinajstić information content (AvgIpc) is 2.75. The Bertz CT molecular complexity index is 855. The highest BCUT2D eigenvalue weighted by Crippen LogP contribution is 2.13. The Labute approximate surface area is 164 Å². The molecule has 2 N–H and O–H groups in total. The number of carbonyl (C=O) groups excluding carboxylic acids is 1. The van der Waals surface area contributed by atoms with Crippen LogP contribution >= 0.6 is 0 Å². The van der Waals surface area contributed by atoms with E-state index in [1.807, 2.05) is 24.3 Å². The van der Waals surface area contributed by atoms with Crippen LogP contribution in [0.1, 0.15) is 15.9 Å². The number of aliphatic imine (C=N–C) groups is 1. The highest BCUT2D eigenvalue weighted by molar-refractivity contribution is 6.10. The van der Waals surface area contributed by atoms with Crippen molar-refractivity contribution in [3.05, 3.63) is 65.7 Å². The number of nitrogens with zero attached hydrogens (tertiary/aromatic N) is 3. The summed E-state index contributed by atoms with van der Waals surface area (Å²) in [6, 6.07) is 18.2. The van der Waals surface area contributed by atoms with Gasteiger partial charge in [-0.1, -0.05) is 30.3 Å². The number of ether oxygens (including phenoxy) is 1. The molecule has 0 atom stereocenters. The van der Waals surface area contributed by atoms with Crippen LogP contribution in [0.4, 0.5) is 5.69 Å². The van der Waals surface area contributed by atoms with Crippen LogP contribution in [0.5, 0.6) is 0 Å². The first-order valence-corrected chi connectivity index (χ1v) is 9.23. The first kappa shape index (κ1) is 19.5. The number of anilines is 1. The van der Waals surface area contributed by atoms with Gasteiger partial charge in [0.2, 0.25) is 5.96 Å². The van der Waals surface area contributed by atoms with Crippen LogP contribution in [-0.4, -0.2) is 56.2 Å². The summed E-state index contributed by atoms with van der Waals surface area (Å²) in [5, 5.41) is 15.2. The minimum Gasteiger partial charge on any atom is -0.379 e. The van der Waals surface area contributed by atoms with Gasteiger partial charge in [0.05, 0.1) is 31.0 Å². The number of nitriles is 1. The number of carbonyl (C=O) groups is 1. The van der Waals surface area contributed by atoms with E-state index in [-0.39, 0.29) is 5.91 Å². The molecule has 1 fully saturated rings. The standard InChI is InChI=1S/C21H23N5O2/c22-16-18-8-4-5-9-19(18)24-21(23-10-11-26-12-14-28-15-13-26)25-20(27)17-6-2-1-3-7-17/h1-9H,10-15H2,(H2,23,24,25,27). The molecule has 2 aromatic rings. The van der Waals surface area contributed by atoms with Gasteiger partial charge in [0, 0.05) is 25.2 Å². The van der Waals surface area contributed by atoms with E-state index >= 15 is 0 Å². The molecule has 1 amide bonds. The van der Waals surface area contributed by atoms with E-state index in [9.17, 15) is 10.1 Å². The van der Waals surface area contributed by atoms with Crippen LogP contribution in [0.15, 0.2) is 59.6 Å². The van der Waals surface area contributed by atoms with Crippen molar-refractivity contribution in [2.45, 2.75) is 0 Å². The van der Waals surface area contributed by atoms with Crippen molar-refractivity contribution in [2.75, 3.05) is 44.7 Å². The van der Waals surface area contributed by atoms with Crippen LogP contribution in [-0.2, 0) is 4.74 Å². The first-order valence-electron chi connectivity index (χ1n) is 9.23. The maximum absolute atomic E-state index is 12.5. The van der Waals surface area contributed by atoms with Gasteiger partial charge in [0.1, 0.15) is 6.07 Å². The Morgan fingerprint density at radius 1 is 1.11 bits per heavy atom. The second-order valence-corrected chi connectivity index (χ2v) is 6.29. The molecule has 28 heavy (non-hydrogen) atoms. The lowest BCUT2D eigenvalue weighted by Gasteiger charge is -2.25. The fraction of sp³-hybridized carbons (Fsp3) is 0.286. The van der Waals surface area contributed by atoms with Gasteiger partial charge in [-0.3, -0.25) is 20.0 Å². The van der Waals surface area contributed by atoms with Gasteiger partial charge >= 0.3 is 0 Å². The lowest BCUT2D eigenvalue weighted by molar-refractivity contribution is 0.0394. The summed E-state index contributed by atoms with van der Waals surface area (Å²) >= 11 is 0. The maximum Gasteiger partial charge on any atom is 0.257 e. The molecule has 7 nitrogen and oxygen atoms in total. The van der Waals surface area contributed by atoms with Gasteiger partial charge in [0.25, 0.3) is 5.91 Å². The van der Waals surface area contributed by atoms with Crippen LogP contribution in [0.2, 0.25) is 0 Å². The molecule has 0 spiro atoms. The fourth-order valence-electron chi connectivity index (χ4n) is 2.82. The van der Waals surface area contributed by atoms with Crippen molar-refractivity contribution in [2.24, 2.45) is 4.99 Å². The topological polar surface area (TPSA) is 89.8 Å². The van der Waals surface area contributed by atoms with Gasteiger partial charge in [-0.05, 0) is 24.3 Å². The summed E-state index contributed by atoms with van der Waals surface area (Å²) in [6.07, 6.45) is 0. The first-order chi connectivity index (χ1) is 13.8. The van der Waals surface area contributed by atoms with Crippen molar-refractivity contribution >= 4 is 17.6 Å². The highest BCUT2D eigenvalue weighted by atomic mass is 16.5. The SMILES string of the molecule is N#Cc1ccccc1NC(=NCCN1CCOCC1)NC(=O)c1ccccc1. The van der Waals surface area contributed by atoms with Gasteiger partial charge in [-0.2, -0.15) is 5.26 Å². The van der Waals surface area contributed by atoms with Crippen molar-refractivity contribution in [1.82, 2.24) is 10.2 Å². The number of hydrogen-bond acceptors (Lipinski definition) is 5. The van der Waals surface area contributed by atoms with E-state index in [1.165, 1.54) is 0 Å². The second-order valence-electron chi connectivity index (χ2n) is 6.29. The molecule has 3 rings (SSSR count). The van der Waals surface area contributed by atoms with E-state index in [4.69, 9.17) is 4.74 Å². The molecular weight excluding hydrogens is 354 g/mol. The van der Waals surface area contributed by atoms with Crippen LogP contribution in [0, 0.1) is 11.3 Å². The fourth-order valence-corrected chi connectivity index (χ4v) is 2.82. The third kappa shape index (κ3) is 5.64. The molecule has 2 aromatic carbocycles. The largest absolute Gasteiger partial charge is 0.379 e. The van der Waals surface area contributed by atoms with Gasteiger partial charge in [-0.25, -0.2) is 0 Å². The summed E-state index contributed by atoms with van der Waals surface area (Å²) in [6.45, 7) is 4.52. The smallest absolute Gasteiger partial charge is 0.257 e. The monoisotopic (exact) mass is 377 g/mol. The number of amides is 1. The Balaban J connectivity index is 1.71. The van der Waals surface area contributed by atoms with Crippen LogP contribution < -0.4 is 10.6 Å². The quantitative estimate of drug-likeness (QED) is 0.615. The number of rotatable bonds is 5. The van der Waals surface area contributed by atoms with Crippen molar-refractivity contribution in [1.29, 1.82) is 5.26 Å². The zero-order valence-electron chi connectivity index (χ0n) is 15.6.